The van der Waals surface area contributed by atoms with Gasteiger partial charge in [0.05, 0.1) is 86.9 Å². The molecule has 0 unspecified atom stereocenters. The second-order valence-electron chi connectivity index (χ2n) is 30.4. The molecule has 4 fully saturated rings. The van der Waals surface area contributed by atoms with E-state index >= 15 is 0 Å². The third-order valence-corrected chi connectivity index (χ3v) is 28.0. The number of nitrogens with one attached hydrogen (secondary N) is 2. The zero-order valence-electron chi connectivity index (χ0n) is 58.9. The molecular weight excluding hydrogens is 1350 g/mol. The fourth-order valence-corrected chi connectivity index (χ4v) is 21.1. The Morgan fingerprint density at radius 3 is 1.36 bits per heavy atom. The van der Waals surface area contributed by atoms with Gasteiger partial charge in [0.15, 0.2) is 0 Å². The molecule has 2 N–H and O–H groups in total. The number of hydrogen-bond donors (Lipinski definition) is 2. The average Bonchev–Trinajstić information content (AvgIpc) is 1.49. The van der Waals surface area contributed by atoms with Crippen molar-refractivity contribution >= 4 is 66.4 Å². The van der Waals surface area contributed by atoms with Gasteiger partial charge in [-0.25, -0.2) is 26.3 Å². The van der Waals surface area contributed by atoms with Gasteiger partial charge in [-0.1, -0.05) is 87.3 Å². The van der Waals surface area contributed by atoms with E-state index in [9.17, 15) is 26.4 Å². The first kappa shape index (κ1) is 73.1. The number of sulfonamides is 2. The van der Waals surface area contributed by atoms with E-state index in [1.165, 1.54) is 22.3 Å². The van der Waals surface area contributed by atoms with E-state index in [0.717, 1.165) is 189 Å². The topological polar surface area (TPSA) is 195 Å². The molecule has 12 atom stereocenters. The number of carbonyl (C=O) groups excluding carboxylic acids is 2. The second kappa shape index (κ2) is 32.0. The zero-order valence-corrected chi connectivity index (χ0v) is 62.0. The number of benzene rings is 4. The van der Waals surface area contributed by atoms with Gasteiger partial charge in [-0.05, 0) is 208 Å². The highest BCUT2D eigenvalue weighted by atomic mass is 35.5. The predicted octanol–water partition coefficient (Wildman–Crippen LogP) is 12.0. The number of nitrogens with zero attached hydrogens (tertiary/aromatic N) is 4. The van der Waals surface area contributed by atoms with E-state index in [1.807, 2.05) is 50.2 Å². The Bertz CT molecular complexity index is 3600. The molecule has 22 heteroatoms. The average molecular weight is 1450 g/mol. The monoisotopic (exact) mass is 1450 g/mol. The van der Waals surface area contributed by atoms with Crippen LogP contribution in [0.15, 0.2) is 97.1 Å². The molecule has 0 aromatic heterocycles. The van der Waals surface area contributed by atoms with E-state index in [2.05, 4.69) is 91.5 Å². The molecule has 2 saturated heterocycles. The fraction of sp³-hybridized carbons (Fsp3) is 0.615. The van der Waals surface area contributed by atoms with Crippen LogP contribution in [0.4, 0.5) is 11.4 Å². The smallest absolute Gasteiger partial charge is 0.264 e. The van der Waals surface area contributed by atoms with Crippen molar-refractivity contribution in [1.29, 1.82) is 0 Å². The third kappa shape index (κ3) is 16.6. The van der Waals surface area contributed by atoms with Crippen LogP contribution in [0.25, 0.3) is 0 Å². The summed E-state index contributed by atoms with van der Waals surface area (Å²) < 4.78 is 97.1. The molecule has 0 radical (unpaired) electrons. The maximum atomic E-state index is 13.6. The van der Waals surface area contributed by atoms with Crippen molar-refractivity contribution in [2.75, 3.05) is 128 Å². The van der Waals surface area contributed by atoms with Gasteiger partial charge in [0, 0.05) is 97.4 Å². The lowest BCUT2D eigenvalue weighted by Crippen LogP contribution is -2.50. The normalized spacial score (nSPS) is 32.1. The molecule has 4 aliphatic carbocycles. The van der Waals surface area contributed by atoms with Crippen LogP contribution < -0.4 is 28.7 Å². The molecule has 4 bridgehead atoms. The van der Waals surface area contributed by atoms with E-state index < -0.39 is 42.4 Å². The Hall–Kier alpha value is -5.26. The number of amides is 2. The molecule has 10 aliphatic rings. The summed E-state index contributed by atoms with van der Waals surface area (Å²) in [5.74, 6) is 1.65. The van der Waals surface area contributed by atoms with Gasteiger partial charge in [0.1, 0.15) is 11.5 Å². The number of ether oxygens (including phenoxy) is 6. The summed E-state index contributed by atoms with van der Waals surface area (Å²) in [5.41, 5.74) is 6.94. The molecular formula is C78H104Cl2N6O12S2. The Morgan fingerprint density at radius 1 is 0.550 bits per heavy atom. The first-order valence-electron chi connectivity index (χ1n) is 37.2. The molecule has 6 aliphatic heterocycles. The Morgan fingerprint density at radius 2 is 0.970 bits per heavy atom. The lowest BCUT2D eigenvalue weighted by molar-refractivity contribution is -0.0317. The first-order valence-corrected chi connectivity index (χ1v) is 41.1. The third-order valence-electron chi connectivity index (χ3n) is 23.7. The van der Waals surface area contributed by atoms with E-state index in [-0.39, 0.29) is 34.9 Å². The molecule has 6 heterocycles. The summed E-state index contributed by atoms with van der Waals surface area (Å²) in [6, 6.07) is 23.3. The minimum absolute atomic E-state index is 0.00299. The summed E-state index contributed by atoms with van der Waals surface area (Å²) >= 11 is 12.9. The Kier molecular flexibility index (Phi) is 23.4. The van der Waals surface area contributed by atoms with Gasteiger partial charge >= 0.3 is 0 Å². The highest BCUT2D eigenvalue weighted by Gasteiger charge is 2.48. The molecule has 4 aromatic rings. The number of rotatable bonds is 10. The van der Waals surface area contributed by atoms with Crippen molar-refractivity contribution in [3.05, 3.63) is 141 Å². The molecule has 2 spiro atoms. The van der Waals surface area contributed by atoms with Gasteiger partial charge in [0.2, 0.25) is 20.0 Å². The number of halogens is 2. The number of fused-ring (bicyclic) bond motifs is 8. The number of allylic oxidation sites excluding steroid dienone is 2. The molecule has 4 aromatic carbocycles. The van der Waals surface area contributed by atoms with Crippen LogP contribution in [0.2, 0.25) is 10.0 Å². The second-order valence-corrected chi connectivity index (χ2v) is 35.2. The van der Waals surface area contributed by atoms with Crippen molar-refractivity contribution in [2.24, 2.45) is 35.5 Å². The van der Waals surface area contributed by atoms with Crippen molar-refractivity contribution in [3.8, 4) is 11.5 Å². The minimum atomic E-state index is -3.92. The number of hydrogen-bond acceptors (Lipinski definition) is 16. The van der Waals surface area contributed by atoms with E-state index in [4.69, 9.17) is 51.6 Å². The van der Waals surface area contributed by atoms with Gasteiger partial charge < -0.3 is 38.2 Å². The SMILES string of the molecule is CC[C@@H]1C[C@@H](C)/C=C/[C@H](OCCN2CCOCC2)[C@@H]2CC[C@H]2CN2C[C@@]3(CCCc4cc(Cl)ccc43)COc3ccc(cc32)C(=O)NS1(=O)=O.CC[C@@H]1C[C@H](C)/C=C/[C@H](OCCN2CCOCC2)[C@@H]2CC[C@H]2CN2C[C@@]3(CCCc4cc(Cl)ccc43)COc3ccc(cc32)C(=O)NS1(=O)=O. The maximum absolute atomic E-state index is 13.6. The highest BCUT2D eigenvalue weighted by molar-refractivity contribution is 7.91. The van der Waals surface area contributed by atoms with Crippen LogP contribution >= 0.6 is 23.2 Å². The van der Waals surface area contributed by atoms with Crippen LogP contribution in [0.3, 0.4) is 0 Å². The first-order chi connectivity index (χ1) is 48.3. The molecule has 100 heavy (non-hydrogen) atoms. The summed E-state index contributed by atoms with van der Waals surface area (Å²) in [7, 11) is -7.83. The fourth-order valence-electron chi connectivity index (χ4n) is 17.7. The molecule has 2 amide bonds. The lowest BCUT2D eigenvalue weighted by Gasteiger charge is -2.46. The predicted molar refractivity (Wildman–Crippen MR) is 394 cm³/mol. The zero-order chi connectivity index (χ0) is 69.8. The van der Waals surface area contributed by atoms with Crippen molar-refractivity contribution in [2.45, 2.75) is 151 Å². The summed E-state index contributed by atoms with van der Waals surface area (Å²) in [5, 5.41) is 0.103. The van der Waals surface area contributed by atoms with Crippen LogP contribution in [0.5, 0.6) is 11.5 Å². The number of aryl methyl sites for hydroxylation is 2. The highest BCUT2D eigenvalue weighted by Crippen LogP contribution is 2.50. The number of carbonyl (C=O) groups is 2. The Balaban J connectivity index is 0.000000179. The van der Waals surface area contributed by atoms with Crippen molar-refractivity contribution in [1.82, 2.24) is 19.2 Å². The van der Waals surface area contributed by atoms with E-state index in [0.29, 0.717) is 86.9 Å². The van der Waals surface area contributed by atoms with Crippen molar-refractivity contribution in [3.63, 3.8) is 0 Å². The van der Waals surface area contributed by atoms with Crippen LogP contribution in [-0.2, 0) is 62.7 Å². The minimum Gasteiger partial charge on any atom is -0.490 e. The maximum Gasteiger partial charge on any atom is 0.264 e. The molecule has 14 rings (SSSR count). The van der Waals surface area contributed by atoms with Crippen LogP contribution in [0.1, 0.15) is 148 Å². The molecule has 18 nitrogen and oxygen atoms in total. The Labute approximate surface area is 603 Å². The standard InChI is InChI=1S/2C39H52ClN3O6S/c2*1-3-32-21-27(2)6-12-36(48-20-17-42-15-18-47-19-16-42)33-10-7-30(33)24-43-25-39(14-4-5-28-22-31(40)9-11-34(28)39)26-49-37-13-8-29(23-35(37)43)38(44)41-50(32,45)46/h2*6,8-9,11-13,22-23,27,30,32-33,36H,3-5,7,10,14-21,24-26H2,1-2H3,(H,41,44)/b2*12-6+/t27-,30+,32-,33-,36+,39+;27-,30-,32+,33+,36-,39-/m10/s1. The molecule has 2 saturated carbocycles. The molecule has 544 valence electrons. The van der Waals surface area contributed by atoms with E-state index in [1.54, 1.807) is 12.1 Å². The van der Waals surface area contributed by atoms with Crippen LogP contribution in [0, 0.1) is 35.5 Å². The van der Waals surface area contributed by atoms with Gasteiger partial charge in [0.25, 0.3) is 11.8 Å². The van der Waals surface area contributed by atoms with Gasteiger partial charge in [-0.2, -0.15) is 0 Å². The van der Waals surface area contributed by atoms with Gasteiger partial charge in [-0.15, -0.1) is 0 Å². The summed E-state index contributed by atoms with van der Waals surface area (Å²) in [6.45, 7) is 21.6. The lowest BCUT2D eigenvalue weighted by atomic mass is 9.68. The van der Waals surface area contributed by atoms with Gasteiger partial charge in [-0.3, -0.25) is 19.4 Å². The number of morpholine rings is 2. The quantitative estimate of drug-likeness (QED) is 0.142. The van der Waals surface area contributed by atoms with Crippen LogP contribution in [-0.4, -0.2) is 179 Å². The van der Waals surface area contributed by atoms with Crippen molar-refractivity contribution < 1.29 is 54.8 Å². The summed E-state index contributed by atoms with van der Waals surface area (Å²) in [4.78, 5) is 36.9. The summed E-state index contributed by atoms with van der Waals surface area (Å²) in [6.07, 6.45) is 20.6. The number of anilines is 2. The largest absolute Gasteiger partial charge is 0.490 e.